The summed E-state index contributed by atoms with van der Waals surface area (Å²) in [6.45, 7) is 4.25. The van der Waals surface area contributed by atoms with Gasteiger partial charge in [0.25, 0.3) is 0 Å². The van der Waals surface area contributed by atoms with E-state index in [0.29, 0.717) is 37.1 Å². The van der Waals surface area contributed by atoms with Crippen molar-refractivity contribution in [1.29, 1.82) is 0 Å². The van der Waals surface area contributed by atoms with Gasteiger partial charge in [0.2, 0.25) is 0 Å². The van der Waals surface area contributed by atoms with E-state index in [4.69, 9.17) is 4.74 Å². The van der Waals surface area contributed by atoms with Gasteiger partial charge in [0.05, 0.1) is 12.5 Å². The van der Waals surface area contributed by atoms with E-state index in [0.717, 1.165) is 18.8 Å². The summed E-state index contributed by atoms with van der Waals surface area (Å²) in [5.74, 6) is 2.06. The lowest BCUT2D eigenvalue weighted by Crippen LogP contribution is -2.21. The second kappa shape index (κ2) is 6.53. The average molecular weight is 266 g/mol. The van der Waals surface area contributed by atoms with Crippen molar-refractivity contribution in [3.8, 4) is 0 Å². The van der Waals surface area contributed by atoms with Gasteiger partial charge in [-0.1, -0.05) is 20.3 Å². The van der Waals surface area contributed by atoms with Crippen LogP contribution in [0.2, 0.25) is 0 Å². The Bertz CT molecular complexity index is 337. The fourth-order valence-electron chi connectivity index (χ4n) is 3.55. The van der Waals surface area contributed by atoms with Gasteiger partial charge < -0.3 is 4.74 Å². The maximum atomic E-state index is 12.1. The molecule has 4 atom stereocenters. The van der Waals surface area contributed by atoms with E-state index in [1.807, 2.05) is 13.8 Å². The van der Waals surface area contributed by atoms with Crippen molar-refractivity contribution in [2.75, 3.05) is 6.61 Å². The van der Waals surface area contributed by atoms with Crippen LogP contribution >= 0.6 is 0 Å². The van der Waals surface area contributed by atoms with Crippen LogP contribution < -0.4 is 0 Å². The molecule has 0 aromatic carbocycles. The number of carbonyl (C=O) groups is 2. The Morgan fingerprint density at radius 1 is 1.26 bits per heavy atom. The molecule has 3 heteroatoms. The number of rotatable bonds is 7. The first-order valence-corrected chi connectivity index (χ1v) is 7.81. The minimum absolute atomic E-state index is 0.0266. The van der Waals surface area contributed by atoms with Crippen LogP contribution in [0, 0.1) is 23.7 Å². The molecule has 2 aliphatic rings. The Hall–Kier alpha value is -0.860. The molecular weight excluding hydrogens is 240 g/mol. The highest BCUT2D eigenvalue weighted by atomic mass is 16.5. The molecule has 108 valence electrons. The Morgan fingerprint density at radius 3 is 2.63 bits per heavy atom. The lowest BCUT2D eigenvalue weighted by atomic mass is 9.84. The van der Waals surface area contributed by atoms with Crippen LogP contribution in [0.25, 0.3) is 0 Å². The van der Waals surface area contributed by atoms with Gasteiger partial charge in [0.15, 0.2) is 0 Å². The molecule has 2 aliphatic carbocycles. The number of fused-ring (bicyclic) bond motifs is 2. The smallest absolute Gasteiger partial charge is 0.308 e. The highest BCUT2D eigenvalue weighted by Gasteiger charge is 2.42. The summed E-state index contributed by atoms with van der Waals surface area (Å²) in [7, 11) is 0. The minimum atomic E-state index is -0.130. The van der Waals surface area contributed by atoms with Crippen molar-refractivity contribution in [1.82, 2.24) is 0 Å². The summed E-state index contributed by atoms with van der Waals surface area (Å²) < 4.78 is 5.18. The topological polar surface area (TPSA) is 43.4 Å². The van der Waals surface area contributed by atoms with Gasteiger partial charge in [-0.25, -0.2) is 0 Å². The van der Waals surface area contributed by atoms with Gasteiger partial charge in [-0.15, -0.1) is 0 Å². The molecule has 0 N–H and O–H groups in total. The highest BCUT2D eigenvalue weighted by Crippen LogP contribution is 2.48. The van der Waals surface area contributed by atoms with Crippen molar-refractivity contribution in [3.63, 3.8) is 0 Å². The predicted molar refractivity (Wildman–Crippen MR) is 73.6 cm³/mol. The molecule has 0 aliphatic heterocycles. The largest absolute Gasteiger partial charge is 0.465 e. The van der Waals surface area contributed by atoms with E-state index in [9.17, 15) is 9.59 Å². The zero-order valence-corrected chi connectivity index (χ0v) is 12.2. The normalized spacial score (nSPS) is 30.3. The summed E-state index contributed by atoms with van der Waals surface area (Å²) in [5.41, 5.74) is 0. The molecule has 2 rings (SSSR count). The molecule has 19 heavy (non-hydrogen) atoms. The lowest BCUT2D eigenvalue weighted by molar-refractivity contribution is -0.148. The van der Waals surface area contributed by atoms with Crippen LogP contribution in [0.5, 0.6) is 0 Å². The third-order valence-corrected chi connectivity index (χ3v) is 4.98. The Labute approximate surface area is 116 Å². The van der Waals surface area contributed by atoms with Gasteiger partial charge >= 0.3 is 5.97 Å². The number of carbonyl (C=O) groups excluding carboxylic acids is 2. The zero-order valence-electron chi connectivity index (χ0n) is 12.2. The van der Waals surface area contributed by atoms with E-state index in [1.54, 1.807) is 0 Å². The number of hydrogen-bond acceptors (Lipinski definition) is 3. The van der Waals surface area contributed by atoms with E-state index in [-0.39, 0.29) is 11.9 Å². The van der Waals surface area contributed by atoms with Gasteiger partial charge in [-0.05, 0) is 43.9 Å². The van der Waals surface area contributed by atoms with Crippen LogP contribution in [-0.4, -0.2) is 18.4 Å². The van der Waals surface area contributed by atoms with Crippen LogP contribution in [0.1, 0.15) is 58.8 Å². The number of hydrogen-bond donors (Lipinski definition) is 0. The molecule has 4 unspecified atom stereocenters. The molecule has 3 nitrogen and oxygen atoms in total. The Morgan fingerprint density at radius 2 is 2.05 bits per heavy atom. The third kappa shape index (κ3) is 3.58. The molecular formula is C16H26O3. The minimum Gasteiger partial charge on any atom is -0.465 e. The standard InChI is InChI=1S/C16H26O3/c1-3-11(2)16(18)19-8-4-5-15(17)14-10-12-6-7-13(14)9-12/h11-14H,3-10H2,1-2H3. The number of Topliss-reactive ketones (excluding diaryl/α,β-unsaturated/α-hetero) is 1. The first kappa shape index (κ1) is 14.5. The number of esters is 1. The molecule has 0 heterocycles. The molecule has 0 amide bonds. The van der Waals surface area contributed by atoms with Crippen molar-refractivity contribution < 1.29 is 14.3 Å². The van der Waals surface area contributed by atoms with Crippen LogP contribution in [0.4, 0.5) is 0 Å². The lowest BCUT2D eigenvalue weighted by Gasteiger charge is -2.20. The molecule has 0 spiro atoms. The van der Waals surface area contributed by atoms with Crippen molar-refractivity contribution in [2.24, 2.45) is 23.7 Å². The second-order valence-corrected chi connectivity index (χ2v) is 6.33. The van der Waals surface area contributed by atoms with Crippen molar-refractivity contribution in [3.05, 3.63) is 0 Å². The summed E-state index contributed by atoms with van der Waals surface area (Å²) in [6, 6.07) is 0. The van der Waals surface area contributed by atoms with E-state index in [2.05, 4.69) is 0 Å². The second-order valence-electron chi connectivity index (χ2n) is 6.33. The Balaban J connectivity index is 1.61. The zero-order chi connectivity index (χ0) is 13.8. The third-order valence-electron chi connectivity index (χ3n) is 4.98. The highest BCUT2D eigenvalue weighted by molar-refractivity contribution is 5.81. The van der Waals surface area contributed by atoms with Crippen LogP contribution in [0.3, 0.4) is 0 Å². The van der Waals surface area contributed by atoms with E-state index < -0.39 is 0 Å². The number of ether oxygens (including phenoxy) is 1. The first-order chi connectivity index (χ1) is 9.11. The average Bonchev–Trinajstić information content (AvgIpc) is 3.04. The van der Waals surface area contributed by atoms with E-state index in [1.165, 1.54) is 19.3 Å². The molecule has 0 radical (unpaired) electrons. The van der Waals surface area contributed by atoms with Crippen LogP contribution in [0.15, 0.2) is 0 Å². The fourth-order valence-corrected chi connectivity index (χ4v) is 3.55. The SMILES string of the molecule is CCC(C)C(=O)OCCCC(=O)C1CC2CCC1C2. The molecule has 2 bridgehead atoms. The van der Waals surface area contributed by atoms with Gasteiger partial charge in [0, 0.05) is 12.3 Å². The summed E-state index contributed by atoms with van der Waals surface area (Å²) in [5, 5.41) is 0. The van der Waals surface area contributed by atoms with Crippen LogP contribution in [-0.2, 0) is 14.3 Å². The summed E-state index contributed by atoms with van der Waals surface area (Å²) >= 11 is 0. The molecule has 2 fully saturated rings. The van der Waals surface area contributed by atoms with Gasteiger partial charge in [-0.3, -0.25) is 9.59 Å². The first-order valence-electron chi connectivity index (χ1n) is 7.81. The maximum absolute atomic E-state index is 12.1. The quantitative estimate of drug-likeness (QED) is 0.524. The summed E-state index contributed by atoms with van der Waals surface area (Å²) in [6.07, 6.45) is 7.07. The monoisotopic (exact) mass is 266 g/mol. The van der Waals surface area contributed by atoms with Gasteiger partial charge in [-0.2, -0.15) is 0 Å². The van der Waals surface area contributed by atoms with Crippen molar-refractivity contribution >= 4 is 11.8 Å². The fraction of sp³-hybridized carbons (Fsp3) is 0.875. The van der Waals surface area contributed by atoms with Gasteiger partial charge in [0.1, 0.15) is 5.78 Å². The predicted octanol–water partition coefficient (Wildman–Crippen LogP) is 3.36. The molecule has 0 aromatic rings. The molecule has 2 saturated carbocycles. The molecule has 0 aromatic heterocycles. The maximum Gasteiger partial charge on any atom is 0.308 e. The Kier molecular flexibility index (Phi) is 5.00. The molecule has 0 saturated heterocycles. The van der Waals surface area contributed by atoms with E-state index >= 15 is 0 Å². The summed E-state index contributed by atoms with van der Waals surface area (Å²) in [4.78, 5) is 23.6. The number of ketones is 1. The van der Waals surface area contributed by atoms with Crippen molar-refractivity contribution in [2.45, 2.75) is 58.8 Å².